The summed E-state index contributed by atoms with van der Waals surface area (Å²) in [5.74, 6) is 3.31. The SMILES string of the molecule is c1ccc(-c2ccc(-c3nc(-c4ccc(-c5cccc(-c6cccc(-c7ccc(-c8nc(-c9ccc(-c%10ccccc%10)cc9)nc(-c9cc(-c%10ccccc%10)c(-n%10c%11ccccc%11c%11ccc%12c(c%13ccccc%13n%12-c%12ccccc%12)c%11%10)c(-c%10ccccc%10)c9)n8)cc7)c6)c5)cc4)nc(-c4cc(-c5ccccc5)c(-n5c6ccccc6c6c7c(ccc65)oc5ccccc57)c(-c5ccccc5)c4)n3)cc2)cc1. The van der Waals surface area contributed by atoms with Crippen molar-refractivity contribution in [2.45, 2.75) is 0 Å². The maximum Gasteiger partial charge on any atom is 0.164 e. The monoisotopic (exact) mass is 1810 g/mol. The Labute approximate surface area is 818 Å². The molecule has 6 aromatic heterocycles. The number of benzene rings is 21. The van der Waals surface area contributed by atoms with E-state index < -0.39 is 0 Å². The first-order chi connectivity index (χ1) is 70.4. The molecule has 0 saturated heterocycles. The summed E-state index contributed by atoms with van der Waals surface area (Å²) in [6, 6.07) is 180. The molecule has 0 fully saturated rings. The van der Waals surface area contributed by atoms with Crippen LogP contribution in [0.2, 0.25) is 0 Å². The normalized spacial score (nSPS) is 11.7. The zero-order chi connectivity index (χ0) is 93.7. The van der Waals surface area contributed by atoms with Crippen molar-refractivity contribution in [1.29, 1.82) is 0 Å². The first-order valence-electron chi connectivity index (χ1n) is 48.1. The number of nitrogens with zero attached hydrogens (tertiary/aromatic N) is 9. The van der Waals surface area contributed by atoms with Gasteiger partial charge in [0.2, 0.25) is 0 Å². The molecule has 0 atom stereocenters. The average molecular weight is 1810 g/mol. The van der Waals surface area contributed by atoms with Crippen molar-refractivity contribution in [3.63, 3.8) is 0 Å². The number of rotatable bonds is 18. The van der Waals surface area contributed by atoms with Crippen molar-refractivity contribution >= 4 is 87.4 Å². The number of furan rings is 1. The molecule has 0 N–H and O–H groups in total. The summed E-state index contributed by atoms with van der Waals surface area (Å²) in [5.41, 5.74) is 35.8. The van der Waals surface area contributed by atoms with E-state index in [-0.39, 0.29) is 0 Å². The van der Waals surface area contributed by atoms with Crippen LogP contribution in [0.15, 0.2) is 508 Å². The van der Waals surface area contributed by atoms with E-state index >= 15 is 0 Å². The lowest BCUT2D eigenvalue weighted by atomic mass is 9.92. The quantitative estimate of drug-likeness (QED) is 0.0842. The van der Waals surface area contributed by atoms with Crippen molar-refractivity contribution in [3.8, 4) is 186 Å². The van der Waals surface area contributed by atoms with Gasteiger partial charge in [0.25, 0.3) is 0 Å². The van der Waals surface area contributed by atoms with E-state index in [0.29, 0.717) is 34.9 Å². The molecule has 0 amide bonds. The van der Waals surface area contributed by atoms with Gasteiger partial charge in [-0.05, 0) is 169 Å². The highest BCUT2D eigenvalue weighted by molar-refractivity contribution is 6.29. The van der Waals surface area contributed by atoms with Gasteiger partial charge in [-0.15, -0.1) is 0 Å². The number of hydrogen-bond acceptors (Lipinski definition) is 7. The maximum atomic E-state index is 6.59. The van der Waals surface area contributed by atoms with E-state index in [4.69, 9.17) is 34.3 Å². The second-order valence-electron chi connectivity index (χ2n) is 36.3. The van der Waals surface area contributed by atoms with Crippen molar-refractivity contribution in [1.82, 2.24) is 43.6 Å². The lowest BCUT2D eigenvalue weighted by molar-refractivity contribution is 0.669. The Morgan fingerprint density at radius 3 is 0.845 bits per heavy atom. The number of hydrogen-bond donors (Lipinski definition) is 0. The van der Waals surface area contributed by atoms with Crippen LogP contribution in [0.4, 0.5) is 0 Å². The Morgan fingerprint density at radius 2 is 0.430 bits per heavy atom. The minimum absolute atomic E-state index is 0.543. The Morgan fingerprint density at radius 1 is 0.148 bits per heavy atom. The van der Waals surface area contributed by atoms with Gasteiger partial charge in [-0.25, -0.2) is 29.9 Å². The van der Waals surface area contributed by atoms with E-state index in [0.717, 1.165) is 222 Å². The third-order valence-electron chi connectivity index (χ3n) is 28.0. The summed E-state index contributed by atoms with van der Waals surface area (Å²) >= 11 is 0. The number of fused-ring (bicyclic) bond motifs is 14. The summed E-state index contributed by atoms with van der Waals surface area (Å²) < 4.78 is 14.0. The molecular weight excluding hydrogens is 1730 g/mol. The lowest BCUT2D eigenvalue weighted by Gasteiger charge is -2.21. The summed E-state index contributed by atoms with van der Waals surface area (Å²) in [7, 11) is 0. The third-order valence-corrected chi connectivity index (χ3v) is 28.0. The number of aromatic nitrogens is 9. The van der Waals surface area contributed by atoms with Crippen LogP contribution in [0.3, 0.4) is 0 Å². The van der Waals surface area contributed by atoms with Crippen molar-refractivity contribution in [2.24, 2.45) is 0 Å². The summed E-state index contributed by atoms with van der Waals surface area (Å²) in [6.07, 6.45) is 0. The second-order valence-corrected chi connectivity index (χ2v) is 36.3. The molecule has 0 spiro atoms. The van der Waals surface area contributed by atoms with Crippen LogP contribution >= 0.6 is 0 Å². The van der Waals surface area contributed by atoms with Crippen LogP contribution in [0.1, 0.15) is 0 Å². The van der Waals surface area contributed by atoms with E-state index in [1.54, 1.807) is 0 Å². The molecule has 0 aliphatic rings. The molecule has 662 valence electrons. The minimum atomic E-state index is 0.543. The van der Waals surface area contributed by atoms with Crippen LogP contribution in [-0.4, -0.2) is 43.6 Å². The van der Waals surface area contributed by atoms with Crippen LogP contribution < -0.4 is 0 Å². The fraction of sp³-hybridized carbons (Fsp3) is 0. The first-order valence-corrected chi connectivity index (χ1v) is 48.1. The zero-order valence-corrected chi connectivity index (χ0v) is 76.9. The predicted molar refractivity (Wildman–Crippen MR) is 585 cm³/mol. The molecule has 0 saturated carbocycles. The van der Waals surface area contributed by atoms with E-state index in [9.17, 15) is 0 Å². The second kappa shape index (κ2) is 34.6. The van der Waals surface area contributed by atoms with Crippen LogP contribution in [-0.2, 0) is 0 Å². The third kappa shape index (κ3) is 14.4. The van der Waals surface area contributed by atoms with E-state index in [1.807, 2.05) is 12.1 Å². The zero-order valence-electron chi connectivity index (χ0n) is 76.9. The number of para-hydroxylation sites is 5. The fourth-order valence-corrected chi connectivity index (χ4v) is 21.3. The molecule has 27 aromatic rings. The van der Waals surface area contributed by atoms with Gasteiger partial charge in [-0.1, -0.05) is 413 Å². The molecule has 21 aromatic carbocycles. The minimum Gasteiger partial charge on any atom is -0.456 e. The predicted octanol–water partition coefficient (Wildman–Crippen LogP) is 34.3. The topological polar surface area (TPSA) is 105 Å². The summed E-state index contributed by atoms with van der Waals surface area (Å²) in [4.78, 5) is 33.0. The molecule has 6 heterocycles. The lowest BCUT2D eigenvalue weighted by Crippen LogP contribution is -2.04. The first kappa shape index (κ1) is 82.3. The molecule has 0 unspecified atom stereocenters. The Hall–Kier alpha value is -19.2. The fourth-order valence-electron chi connectivity index (χ4n) is 21.3. The van der Waals surface area contributed by atoms with Gasteiger partial charge in [0.1, 0.15) is 11.2 Å². The van der Waals surface area contributed by atoms with E-state index in [2.05, 4.69) is 505 Å². The molecule has 142 heavy (non-hydrogen) atoms. The Kier molecular flexibility index (Phi) is 20.0. The molecule has 27 rings (SSSR count). The van der Waals surface area contributed by atoms with Crippen LogP contribution in [0.25, 0.3) is 273 Å². The highest BCUT2D eigenvalue weighted by Crippen LogP contribution is 2.51. The molecule has 0 bridgehead atoms. The van der Waals surface area contributed by atoms with Gasteiger partial charge in [0.15, 0.2) is 34.9 Å². The maximum absolute atomic E-state index is 6.59. The summed E-state index contributed by atoms with van der Waals surface area (Å²) in [5, 5.41) is 9.13. The van der Waals surface area contributed by atoms with Gasteiger partial charge >= 0.3 is 0 Å². The molecular formula is C132H83N9O. The van der Waals surface area contributed by atoms with Crippen molar-refractivity contribution in [3.05, 3.63) is 504 Å². The molecule has 10 heteroatoms. The highest BCUT2D eigenvalue weighted by atomic mass is 16.3. The van der Waals surface area contributed by atoms with Gasteiger partial charge in [0, 0.05) is 104 Å². The molecule has 0 aliphatic carbocycles. The largest absolute Gasteiger partial charge is 0.456 e. The van der Waals surface area contributed by atoms with Gasteiger partial charge in [-0.2, -0.15) is 0 Å². The van der Waals surface area contributed by atoms with Crippen molar-refractivity contribution < 1.29 is 4.42 Å². The van der Waals surface area contributed by atoms with Gasteiger partial charge < -0.3 is 18.1 Å². The van der Waals surface area contributed by atoms with Crippen LogP contribution in [0.5, 0.6) is 0 Å². The molecule has 10 nitrogen and oxygen atoms in total. The molecule has 0 aliphatic heterocycles. The molecule has 0 radical (unpaired) electrons. The Bertz CT molecular complexity index is 9460. The smallest absolute Gasteiger partial charge is 0.164 e. The van der Waals surface area contributed by atoms with E-state index in [1.165, 1.54) is 16.2 Å². The average Bonchev–Trinajstić information content (AvgIpc) is 1.54. The summed E-state index contributed by atoms with van der Waals surface area (Å²) in [6.45, 7) is 0. The van der Waals surface area contributed by atoms with Gasteiger partial charge in [-0.3, -0.25) is 0 Å². The van der Waals surface area contributed by atoms with Gasteiger partial charge in [0.05, 0.1) is 44.5 Å². The standard InChI is InChI=1S/C132H83N9O/c1-8-32-84(33-9-1)86-58-66-94(67-59-86)127-133-129(137-131(135-127)102-80-110(90-36-12-3-13-37-90)124(111(81-102)91-38-14-4-15-39-91)140-116-56-28-23-51-107(116)121-117(140)76-77-120-123(121)109-53-25-29-57-119(109)142-120)96-70-62-88(63-71-96)98-44-30-46-100(78-98)101-47-31-45-99(79-101)89-64-72-97(73-65-89)130-134-128(95-68-60-87(61-69-95)85-34-10-2-11-35-85)136-132(138-130)103-82-112(92-40-16-5-17-41-92)125(113(83-103)93-42-18-6-19-43-93)141-114-54-26-22-50-105(114)106-74-75-118-122(126(106)141)108-52-24-27-55-115(108)139(118)104-48-20-7-21-49-104/h1-83H. The highest BCUT2D eigenvalue weighted by Gasteiger charge is 2.30. The Balaban J connectivity index is 0.550. The van der Waals surface area contributed by atoms with Crippen molar-refractivity contribution in [2.75, 3.05) is 0 Å². The van der Waals surface area contributed by atoms with Crippen LogP contribution in [0, 0.1) is 0 Å².